The van der Waals surface area contributed by atoms with Crippen molar-refractivity contribution in [2.45, 2.75) is 25.3 Å². The summed E-state index contributed by atoms with van der Waals surface area (Å²) in [5.41, 5.74) is 6.19. The van der Waals surface area contributed by atoms with Gasteiger partial charge in [0.2, 0.25) is 0 Å². The van der Waals surface area contributed by atoms with Gasteiger partial charge in [-0.15, -0.1) is 12.4 Å². The topological polar surface area (TPSA) is 46.3 Å². The smallest absolute Gasteiger partial charge is 0.255 e. The molecule has 0 radical (unpaired) electrons. The van der Waals surface area contributed by atoms with Crippen LogP contribution in [0.3, 0.4) is 0 Å². The van der Waals surface area contributed by atoms with E-state index < -0.39 is 0 Å². The van der Waals surface area contributed by atoms with Crippen LogP contribution in [-0.4, -0.2) is 29.9 Å². The minimum atomic E-state index is -0.0716. The molecule has 2 N–H and O–H groups in total. The summed E-state index contributed by atoms with van der Waals surface area (Å²) in [7, 11) is 0. The van der Waals surface area contributed by atoms with Crippen molar-refractivity contribution in [3.8, 4) is 0 Å². The van der Waals surface area contributed by atoms with Crippen LogP contribution < -0.4 is 5.73 Å². The summed E-state index contributed by atoms with van der Waals surface area (Å²) in [6, 6.07) is 5.06. The number of hydrogen-bond donors (Lipinski definition) is 1. The number of amides is 1. The van der Waals surface area contributed by atoms with E-state index in [0.717, 1.165) is 25.8 Å². The summed E-state index contributed by atoms with van der Waals surface area (Å²) in [4.78, 5) is 14.3. The highest BCUT2D eigenvalue weighted by molar-refractivity contribution is 6.35. The molecule has 0 aromatic heterocycles. The highest BCUT2D eigenvalue weighted by Gasteiger charge is 2.27. The van der Waals surface area contributed by atoms with Crippen LogP contribution in [-0.2, 0) is 0 Å². The number of likely N-dealkylation sites (tertiary alicyclic amines) is 1. The normalized spacial score (nSPS) is 18.9. The number of halogens is 3. The third-order valence-electron chi connectivity index (χ3n) is 3.32. The number of piperidine rings is 1. The van der Waals surface area contributed by atoms with Crippen molar-refractivity contribution >= 4 is 41.5 Å². The summed E-state index contributed by atoms with van der Waals surface area (Å²) < 4.78 is 0. The summed E-state index contributed by atoms with van der Waals surface area (Å²) in [5, 5.41) is 0.954. The van der Waals surface area contributed by atoms with Gasteiger partial charge in [-0.25, -0.2) is 0 Å². The lowest BCUT2D eigenvalue weighted by molar-refractivity contribution is 0.0623. The molecule has 1 saturated heterocycles. The molecular weight excluding hydrogens is 307 g/mol. The van der Waals surface area contributed by atoms with Crippen LogP contribution in [0, 0.1) is 0 Å². The average Bonchev–Trinajstić information content (AvgIpc) is 2.40. The zero-order chi connectivity index (χ0) is 13.1. The molecule has 106 valence electrons. The Kier molecular flexibility index (Phi) is 6.40. The van der Waals surface area contributed by atoms with E-state index in [0.29, 0.717) is 22.2 Å². The van der Waals surface area contributed by atoms with Crippen molar-refractivity contribution in [1.82, 2.24) is 4.90 Å². The van der Waals surface area contributed by atoms with Gasteiger partial charge in [0.1, 0.15) is 0 Å². The van der Waals surface area contributed by atoms with Gasteiger partial charge >= 0.3 is 0 Å². The summed E-state index contributed by atoms with van der Waals surface area (Å²) >= 11 is 12.0. The van der Waals surface area contributed by atoms with Crippen LogP contribution in [0.25, 0.3) is 0 Å². The van der Waals surface area contributed by atoms with E-state index >= 15 is 0 Å². The Bertz CT molecular complexity index is 454. The Morgan fingerprint density at radius 3 is 2.79 bits per heavy atom. The first-order chi connectivity index (χ1) is 8.63. The minimum Gasteiger partial charge on any atom is -0.334 e. The first-order valence-corrected chi connectivity index (χ1v) is 6.85. The molecule has 6 heteroatoms. The molecule has 3 nitrogen and oxygen atoms in total. The molecule has 1 aliphatic heterocycles. The number of carbonyl (C=O) groups excluding carboxylic acids is 1. The summed E-state index contributed by atoms with van der Waals surface area (Å²) in [6.45, 7) is 1.23. The van der Waals surface area contributed by atoms with Gasteiger partial charge in [-0.1, -0.05) is 23.2 Å². The first kappa shape index (κ1) is 16.6. The zero-order valence-corrected chi connectivity index (χ0v) is 12.8. The number of nitrogens with zero attached hydrogens (tertiary/aromatic N) is 1. The van der Waals surface area contributed by atoms with Crippen LogP contribution in [0.2, 0.25) is 10.0 Å². The third kappa shape index (κ3) is 3.76. The number of benzene rings is 1. The van der Waals surface area contributed by atoms with Gasteiger partial charge in [-0.2, -0.15) is 0 Å². The van der Waals surface area contributed by atoms with E-state index in [1.165, 1.54) is 0 Å². The Labute approximate surface area is 129 Å². The van der Waals surface area contributed by atoms with Gasteiger partial charge in [0.15, 0.2) is 0 Å². The van der Waals surface area contributed by atoms with Crippen molar-refractivity contribution < 1.29 is 4.79 Å². The van der Waals surface area contributed by atoms with Crippen molar-refractivity contribution in [1.29, 1.82) is 0 Å². The maximum Gasteiger partial charge on any atom is 0.255 e. The molecule has 1 atom stereocenters. The Morgan fingerprint density at radius 1 is 1.37 bits per heavy atom. The second-order valence-electron chi connectivity index (χ2n) is 4.51. The van der Waals surface area contributed by atoms with Crippen molar-refractivity contribution in [3.05, 3.63) is 33.8 Å². The van der Waals surface area contributed by atoms with Gasteiger partial charge in [0.05, 0.1) is 10.6 Å². The van der Waals surface area contributed by atoms with Crippen LogP contribution in [0.4, 0.5) is 0 Å². The molecule has 0 bridgehead atoms. The molecule has 1 amide bonds. The molecule has 0 aliphatic carbocycles. The molecule has 1 aromatic rings. The minimum absolute atomic E-state index is 0. The SMILES string of the molecule is Cl.NCC1CCCCN1C(=O)c1cc(Cl)ccc1Cl. The van der Waals surface area contributed by atoms with Crippen molar-refractivity contribution in [2.24, 2.45) is 5.73 Å². The first-order valence-electron chi connectivity index (χ1n) is 6.09. The van der Waals surface area contributed by atoms with E-state index in [1.54, 1.807) is 18.2 Å². The lowest BCUT2D eigenvalue weighted by atomic mass is 10.0. The Hall–Kier alpha value is -0.480. The average molecular weight is 324 g/mol. The van der Waals surface area contributed by atoms with Crippen molar-refractivity contribution in [3.63, 3.8) is 0 Å². The standard InChI is InChI=1S/C13H16Cl2N2O.ClH/c14-9-4-5-12(15)11(7-9)13(18)17-6-2-1-3-10(17)8-16;/h4-5,7,10H,1-3,6,8,16H2;1H. The van der Waals surface area contributed by atoms with E-state index in [4.69, 9.17) is 28.9 Å². The molecular formula is C13H17Cl3N2O. The lowest BCUT2D eigenvalue weighted by Gasteiger charge is -2.35. The quantitative estimate of drug-likeness (QED) is 0.907. The Morgan fingerprint density at radius 2 is 2.11 bits per heavy atom. The second-order valence-corrected chi connectivity index (χ2v) is 5.35. The summed E-state index contributed by atoms with van der Waals surface area (Å²) in [6.07, 6.45) is 3.09. The number of nitrogens with two attached hydrogens (primary N) is 1. The molecule has 1 aliphatic rings. The monoisotopic (exact) mass is 322 g/mol. The molecule has 1 fully saturated rings. The Balaban J connectivity index is 0.00000180. The predicted molar refractivity (Wildman–Crippen MR) is 81.4 cm³/mol. The fourth-order valence-electron chi connectivity index (χ4n) is 2.33. The highest BCUT2D eigenvalue weighted by Crippen LogP contribution is 2.25. The maximum atomic E-state index is 12.5. The van der Waals surface area contributed by atoms with Crippen LogP contribution in [0.5, 0.6) is 0 Å². The van der Waals surface area contributed by atoms with Gasteiger partial charge in [-0.3, -0.25) is 4.79 Å². The fourth-order valence-corrected chi connectivity index (χ4v) is 2.70. The number of carbonyl (C=O) groups is 1. The molecule has 1 heterocycles. The maximum absolute atomic E-state index is 12.5. The second kappa shape index (κ2) is 7.34. The van der Waals surface area contributed by atoms with Gasteiger partial charge in [0.25, 0.3) is 5.91 Å². The van der Waals surface area contributed by atoms with E-state index in [2.05, 4.69) is 0 Å². The molecule has 0 saturated carbocycles. The summed E-state index contributed by atoms with van der Waals surface area (Å²) in [5.74, 6) is -0.0716. The molecule has 19 heavy (non-hydrogen) atoms. The molecule has 1 unspecified atom stereocenters. The van der Waals surface area contributed by atoms with Crippen LogP contribution >= 0.6 is 35.6 Å². The van der Waals surface area contributed by atoms with E-state index in [9.17, 15) is 4.79 Å². The highest BCUT2D eigenvalue weighted by atomic mass is 35.5. The van der Waals surface area contributed by atoms with Crippen LogP contribution in [0.15, 0.2) is 18.2 Å². The van der Waals surface area contributed by atoms with E-state index in [-0.39, 0.29) is 24.4 Å². The predicted octanol–water partition coefficient (Wildman–Crippen LogP) is 3.37. The van der Waals surface area contributed by atoms with E-state index in [1.807, 2.05) is 4.90 Å². The van der Waals surface area contributed by atoms with Gasteiger partial charge in [0, 0.05) is 24.2 Å². The molecule has 0 spiro atoms. The number of hydrogen-bond acceptors (Lipinski definition) is 2. The molecule has 1 aromatic carbocycles. The molecule has 2 rings (SSSR count). The fraction of sp³-hybridized carbons (Fsp3) is 0.462. The van der Waals surface area contributed by atoms with Crippen molar-refractivity contribution in [2.75, 3.05) is 13.1 Å². The van der Waals surface area contributed by atoms with Gasteiger partial charge < -0.3 is 10.6 Å². The van der Waals surface area contributed by atoms with Gasteiger partial charge in [-0.05, 0) is 37.5 Å². The van der Waals surface area contributed by atoms with Crippen LogP contribution in [0.1, 0.15) is 29.6 Å². The largest absolute Gasteiger partial charge is 0.334 e. The zero-order valence-electron chi connectivity index (χ0n) is 10.4. The third-order valence-corrected chi connectivity index (χ3v) is 3.88. The number of rotatable bonds is 2. The lowest BCUT2D eigenvalue weighted by Crippen LogP contribution is -2.47.